The Morgan fingerprint density at radius 1 is 1.05 bits per heavy atom. The Labute approximate surface area is 140 Å². The van der Waals surface area contributed by atoms with Crippen LogP contribution in [0.1, 0.15) is 11.1 Å². The van der Waals surface area contributed by atoms with Gasteiger partial charge in [0.05, 0.1) is 11.6 Å². The fourth-order valence-electron chi connectivity index (χ4n) is 1.69. The molecule has 0 atom stereocenters. The maximum absolute atomic E-state index is 5.83. The van der Waals surface area contributed by atoms with Crippen LogP contribution in [-0.2, 0) is 12.5 Å². The van der Waals surface area contributed by atoms with E-state index in [9.17, 15) is 0 Å². The Kier molecular flexibility index (Phi) is 5.75. The monoisotopic (exact) mass is 418 g/mol. The van der Waals surface area contributed by atoms with Crippen LogP contribution in [0, 0.1) is 0 Å². The number of ether oxygens (including phenoxy) is 2. The first kappa shape index (κ1) is 15.7. The molecule has 0 N–H and O–H groups in total. The molecule has 0 heterocycles. The van der Waals surface area contributed by atoms with Crippen molar-refractivity contribution in [3.63, 3.8) is 0 Å². The van der Waals surface area contributed by atoms with Gasteiger partial charge in [0.2, 0.25) is 0 Å². The summed E-state index contributed by atoms with van der Waals surface area (Å²) in [5.74, 6) is 2.08. The number of benzene rings is 2. The molecule has 0 spiro atoms. The summed E-state index contributed by atoms with van der Waals surface area (Å²) in [5, 5.41) is 0. The van der Waals surface area contributed by atoms with Gasteiger partial charge in [-0.15, -0.1) is 11.6 Å². The van der Waals surface area contributed by atoms with Gasteiger partial charge in [-0.3, -0.25) is 0 Å². The summed E-state index contributed by atoms with van der Waals surface area (Å²) >= 11 is 12.8. The molecule has 0 aliphatic rings. The summed E-state index contributed by atoms with van der Waals surface area (Å²) in [7, 11) is 1.65. The molecule has 5 heteroatoms. The second-order valence-electron chi connectivity index (χ2n) is 4.14. The Morgan fingerprint density at radius 2 is 1.85 bits per heavy atom. The molecule has 0 saturated heterocycles. The zero-order valence-electron chi connectivity index (χ0n) is 10.8. The van der Waals surface area contributed by atoms with E-state index < -0.39 is 0 Å². The molecule has 0 aliphatic carbocycles. The molecule has 106 valence electrons. The summed E-state index contributed by atoms with van der Waals surface area (Å²) in [6.45, 7) is 0.455. The van der Waals surface area contributed by atoms with Gasteiger partial charge in [0.1, 0.15) is 18.1 Å². The minimum atomic E-state index is 0.455. The van der Waals surface area contributed by atoms with E-state index in [1.54, 1.807) is 7.11 Å². The van der Waals surface area contributed by atoms with Crippen molar-refractivity contribution in [2.75, 3.05) is 7.11 Å². The van der Waals surface area contributed by atoms with Crippen molar-refractivity contribution in [3.05, 3.63) is 56.5 Å². The zero-order valence-corrected chi connectivity index (χ0v) is 14.8. The van der Waals surface area contributed by atoms with Gasteiger partial charge in [0, 0.05) is 15.9 Å². The normalized spacial score (nSPS) is 10.4. The van der Waals surface area contributed by atoms with Gasteiger partial charge in [-0.1, -0.05) is 22.0 Å². The van der Waals surface area contributed by atoms with Crippen LogP contribution in [0.15, 0.2) is 45.3 Å². The quantitative estimate of drug-likeness (QED) is 0.592. The standard InChI is InChI=1S/C15H13Br2ClO2/c1-19-12-3-4-13(16)11(7-12)9-20-15-5-2-10(8-18)6-14(15)17/h2-7H,8-9H2,1H3. The van der Waals surface area contributed by atoms with E-state index in [4.69, 9.17) is 21.1 Å². The fourth-order valence-corrected chi connectivity index (χ4v) is 2.76. The van der Waals surface area contributed by atoms with Crippen LogP contribution in [0.5, 0.6) is 11.5 Å². The maximum Gasteiger partial charge on any atom is 0.134 e. The van der Waals surface area contributed by atoms with E-state index in [1.807, 2.05) is 36.4 Å². The van der Waals surface area contributed by atoms with Crippen LogP contribution < -0.4 is 9.47 Å². The fraction of sp³-hybridized carbons (Fsp3) is 0.200. The molecule has 0 fully saturated rings. The molecule has 0 saturated carbocycles. The Morgan fingerprint density at radius 3 is 2.50 bits per heavy atom. The van der Waals surface area contributed by atoms with E-state index in [-0.39, 0.29) is 0 Å². The summed E-state index contributed by atoms with van der Waals surface area (Å²) in [6, 6.07) is 11.6. The van der Waals surface area contributed by atoms with Crippen LogP contribution >= 0.6 is 43.5 Å². The number of halogens is 3. The summed E-state index contributed by atoms with van der Waals surface area (Å²) < 4.78 is 12.9. The highest BCUT2D eigenvalue weighted by molar-refractivity contribution is 9.10. The average molecular weight is 421 g/mol. The van der Waals surface area contributed by atoms with Crippen molar-refractivity contribution in [1.82, 2.24) is 0 Å². The lowest BCUT2D eigenvalue weighted by Crippen LogP contribution is -1.98. The lowest BCUT2D eigenvalue weighted by molar-refractivity contribution is 0.302. The van der Waals surface area contributed by atoms with Crippen LogP contribution in [0.2, 0.25) is 0 Å². The van der Waals surface area contributed by atoms with Crippen LogP contribution in [0.3, 0.4) is 0 Å². The zero-order chi connectivity index (χ0) is 14.5. The molecule has 2 aromatic rings. The van der Waals surface area contributed by atoms with Gasteiger partial charge >= 0.3 is 0 Å². The molecule has 20 heavy (non-hydrogen) atoms. The van der Waals surface area contributed by atoms with Gasteiger partial charge in [-0.25, -0.2) is 0 Å². The van der Waals surface area contributed by atoms with E-state index >= 15 is 0 Å². The third kappa shape index (κ3) is 3.90. The molecule has 2 aromatic carbocycles. The first-order chi connectivity index (χ1) is 9.63. The number of alkyl halides is 1. The molecule has 0 aliphatic heterocycles. The Balaban J connectivity index is 2.12. The molecule has 0 bridgehead atoms. The lowest BCUT2D eigenvalue weighted by atomic mass is 10.2. The van der Waals surface area contributed by atoms with Gasteiger partial charge in [0.15, 0.2) is 0 Å². The highest BCUT2D eigenvalue weighted by Gasteiger charge is 2.06. The maximum atomic E-state index is 5.83. The minimum absolute atomic E-state index is 0.455. The lowest BCUT2D eigenvalue weighted by Gasteiger charge is -2.11. The number of rotatable bonds is 5. The first-order valence-corrected chi connectivity index (χ1v) is 8.05. The van der Waals surface area contributed by atoms with Crippen molar-refractivity contribution in [2.24, 2.45) is 0 Å². The van der Waals surface area contributed by atoms with E-state index in [2.05, 4.69) is 31.9 Å². The molecule has 0 unspecified atom stereocenters. The number of hydrogen-bond acceptors (Lipinski definition) is 2. The highest BCUT2D eigenvalue weighted by Crippen LogP contribution is 2.29. The van der Waals surface area contributed by atoms with Crippen molar-refractivity contribution < 1.29 is 9.47 Å². The minimum Gasteiger partial charge on any atom is -0.497 e. The topological polar surface area (TPSA) is 18.5 Å². The molecule has 2 rings (SSSR count). The Bertz CT molecular complexity index is 602. The van der Waals surface area contributed by atoms with Gasteiger partial charge in [-0.2, -0.15) is 0 Å². The van der Waals surface area contributed by atoms with E-state index in [1.165, 1.54) is 0 Å². The van der Waals surface area contributed by atoms with Gasteiger partial charge in [0.25, 0.3) is 0 Å². The van der Waals surface area contributed by atoms with Crippen molar-refractivity contribution >= 4 is 43.5 Å². The van der Waals surface area contributed by atoms with Crippen LogP contribution in [-0.4, -0.2) is 7.11 Å². The predicted octanol–water partition coefficient (Wildman–Crippen LogP) is 5.54. The molecule has 0 amide bonds. The SMILES string of the molecule is COc1ccc(Br)c(COc2ccc(CCl)cc2Br)c1. The number of hydrogen-bond donors (Lipinski definition) is 0. The van der Waals surface area contributed by atoms with E-state index in [0.717, 1.165) is 31.6 Å². The molecule has 0 aromatic heterocycles. The summed E-state index contributed by atoms with van der Waals surface area (Å²) in [4.78, 5) is 0. The van der Waals surface area contributed by atoms with E-state index in [0.29, 0.717) is 12.5 Å². The molecule has 2 nitrogen and oxygen atoms in total. The molecular formula is C15H13Br2ClO2. The van der Waals surface area contributed by atoms with Gasteiger partial charge in [-0.05, 0) is 51.8 Å². The van der Waals surface area contributed by atoms with Crippen LogP contribution in [0.25, 0.3) is 0 Å². The molecular weight excluding hydrogens is 407 g/mol. The number of methoxy groups -OCH3 is 1. The van der Waals surface area contributed by atoms with Crippen molar-refractivity contribution in [3.8, 4) is 11.5 Å². The Hall–Kier alpha value is -0.710. The highest BCUT2D eigenvalue weighted by atomic mass is 79.9. The second-order valence-corrected chi connectivity index (χ2v) is 6.12. The second kappa shape index (κ2) is 7.34. The first-order valence-electron chi connectivity index (χ1n) is 5.93. The smallest absolute Gasteiger partial charge is 0.134 e. The third-order valence-electron chi connectivity index (χ3n) is 2.79. The van der Waals surface area contributed by atoms with Crippen LogP contribution in [0.4, 0.5) is 0 Å². The van der Waals surface area contributed by atoms with Crippen molar-refractivity contribution in [2.45, 2.75) is 12.5 Å². The largest absolute Gasteiger partial charge is 0.497 e. The summed E-state index contributed by atoms with van der Waals surface area (Å²) in [5.41, 5.74) is 2.08. The predicted molar refractivity (Wildman–Crippen MR) is 88.7 cm³/mol. The molecule has 0 radical (unpaired) electrons. The average Bonchev–Trinajstić information content (AvgIpc) is 2.47. The summed E-state index contributed by atoms with van der Waals surface area (Å²) in [6.07, 6.45) is 0. The van der Waals surface area contributed by atoms with Gasteiger partial charge < -0.3 is 9.47 Å². The van der Waals surface area contributed by atoms with Crippen molar-refractivity contribution in [1.29, 1.82) is 0 Å². The third-order valence-corrected chi connectivity index (χ3v) is 4.49.